The van der Waals surface area contributed by atoms with Gasteiger partial charge in [-0.3, -0.25) is 14.6 Å². The molecule has 2 aromatic rings. The Labute approximate surface area is 117 Å². The van der Waals surface area contributed by atoms with Crippen molar-refractivity contribution < 1.29 is 4.79 Å². The predicted octanol–water partition coefficient (Wildman–Crippen LogP) is 1.59. The first-order valence-electron chi connectivity index (χ1n) is 6.57. The Morgan fingerprint density at radius 1 is 1.30 bits per heavy atom. The first kappa shape index (κ1) is 14.0. The second-order valence-electron chi connectivity index (χ2n) is 4.42. The lowest BCUT2D eigenvalue weighted by molar-refractivity contribution is 0.0998. The quantitative estimate of drug-likeness (QED) is 0.917. The molecule has 5 nitrogen and oxygen atoms in total. The summed E-state index contributed by atoms with van der Waals surface area (Å²) in [4.78, 5) is 27.7. The Morgan fingerprint density at radius 2 is 1.95 bits per heavy atom. The highest BCUT2D eigenvalue weighted by atomic mass is 16.2. The van der Waals surface area contributed by atoms with Gasteiger partial charge in [-0.1, -0.05) is 6.92 Å². The van der Waals surface area contributed by atoms with Crippen LogP contribution in [0.1, 0.15) is 29.9 Å². The van der Waals surface area contributed by atoms with E-state index in [1.165, 1.54) is 0 Å². The zero-order valence-electron chi connectivity index (χ0n) is 11.6. The first-order chi connectivity index (χ1) is 9.60. The van der Waals surface area contributed by atoms with E-state index in [1.807, 2.05) is 26.0 Å². The maximum atomic E-state index is 12.3. The van der Waals surface area contributed by atoms with E-state index >= 15 is 0 Å². The molecule has 0 saturated carbocycles. The Bertz CT molecular complexity index is 690. The fourth-order valence-electron chi connectivity index (χ4n) is 2.38. The molecular formula is C15H17N3O2. The summed E-state index contributed by atoms with van der Waals surface area (Å²) in [7, 11) is 0. The summed E-state index contributed by atoms with van der Waals surface area (Å²) < 4.78 is 1.61. The molecule has 0 fully saturated rings. The van der Waals surface area contributed by atoms with Gasteiger partial charge >= 0.3 is 0 Å². The van der Waals surface area contributed by atoms with Gasteiger partial charge in [0.15, 0.2) is 0 Å². The lowest BCUT2D eigenvalue weighted by atomic mass is 10.0. The SMILES string of the molecule is CCc1c(-c2ccncc2)cc(C(N)=O)c(=O)n1CC. The van der Waals surface area contributed by atoms with Crippen LogP contribution in [0.4, 0.5) is 0 Å². The van der Waals surface area contributed by atoms with Gasteiger partial charge in [-0.05, 0) is 37.1 Å². The molecule has 0 aromatic carbocycles. The molecule has 5 heteroatoms. The Hall–Kier alpha value is -2.43. The van der Waals surface area contributed by atoms with Crippen molar-refractivity contribution in [1.82, 2.24) is 9.55 Å². The summed E-state index contributed by atoms with van der Waals surface area (Å²) in [6, 6.07) is 5.29. The number of carbonyl (C=O) groups excluding carboxylic acids is 1. The van der Waals surface area contributed by atoms with Gasteiger partial charge < -0.3 is 10.3 Å². The van der Waals surface area contributed by atoms with E-state index in [4.69, 9.17) is 5.73 Å². The van der Waals surface area contributed by atoms with Crippen LogP contribution in [0, 0.1) is 0 Å². The number of hydrogen-bond acceptors (Lipinski definition) is 3. The van der Waals surface area contributed by atoms with Crippen molar-refractivity contribution in [3.8, 4) is 11.1 Å². The van der Waals surface area contributed by atoms with Crippen molar-refractivity contribution in [2.24, 2.45) is 5.73 Å². The molecule has 0 radical (unpaired) electrons. The van der Waals surface area contributed by atoms with E-state index in [1.54, 1.807) is 23.0 Å². The summed E-state index contributed by atoms with van der Waals surface area (Å²) in [5.74, 6) is -0.699. The normalized spacial score (nSPS) is 10.5. The zero-order valence-corrected chi connectivity index (χ0v) is 11.6. The minimum Gasteiger partial charge on any atom is -0.365 e. The monoisotopic (exact) mass is 271 g/mol. The summed E-state index contributed by atoms with van der Waals surface area (Å²) in [5.41, 5.74) is 7.68. The van der Waals surface area contributed by atoms with Gasteiger partial charge in [0, 0.05) is 30.2 Å². The molecule has 20 heavy (non-hydrogen) atoms. The van der Waals surface area contributed by atoms with E-state index < -0.39 is 5.91 Å². The molecule has 2 heterocycles. The van der Waals surface area contributed by atoms with Gasteiger partial charge in [-0.15, -0.1) is 0 Å². The fourth-order valence-corrected chi connectivity index (χ4v) is 2.38. The van der Waals surface area contributed by atoms with Crippen LogP contribution in [0.15, 0.2) is 35.4 Å². The minimum atomic E-state index is -0.699. The van der Waals surface area contributed by atoms with Crippen LogP contribution in [0.5, 0.6) is 0 Å². The molecular weight excluding hydrogens is 254 g/mol. The highest BCUT2D eigenvalue weighted by Crippen LogP contribution is 2.23. The average Bonchev–Trinajstić information content (AvgIpc) is 2.47. The number of nitrogens with zero attached hydrogens (tertiary/aromatic N) is 2. The standard InChI is InChI=1S/C15H17N3O2/c1-3-13-11(10-5-7-17-8-6-10)9-12(14(16)19)15(20)18(13)4-2/h5-9H,3-4H2,1-2H3,(H2,16,19). The maximum absolute atomic E-state index is 12.3. The molecule has 2 aromatic heterocycles. The van der Waals surface area contributed by atoms with Gasteiger partial charge in [-0.25, -0.2) is 0 Å². The lowest BCUT2D eigenvalue weighted by Crippen LogP contribution is -2.31. The average molecular weight is 271 g/mol. The summed E-state index contributed by atoms with van der Waals surface area (Å²) in [6.45, 7) is 4.36. The highest BCUT2D eigenvalue weighted by Gasteiger charge is 2.16. The van der Waals surface area contributed by atoms with Crippen LogP contribution in [0.2, 0.25) is 0 Å². The van der Waals surface area contributed by atoms with Crippen molar-refractivity contribution in [2.45, 2.75) is 26.8 Å². The largest absolute Gasteiger partial charge is 0.365 e. The number of hydrogen-bond donors (Lipinski definition) is 1. The number of amides is 1. The second kappa shape index (κ2) is 5.69. The maximum Gasteiger partial charge on any atom is 0.263 e. The van der Waals surface area contributed by atoms with Crippen molar-refractivity contribution in [3.05, 3.63) is 52.2 Å². The molecule has 1 amide bonds. The van der Waals surface area contributed by atoms with Crippen LogP contribution < -0.4 is 11.3 Å². The summed E-state index contributed by atoms with van der Waals surface area (Å²) in [5, 5.41) is 0. The Kier molecular flexibility index (Phi) is 3.98. The van der Waals surface area contributed by atoms with Crippen molar-refractivity contribution in [2.75, 3.05) is 0 Å². The number of aromatic nitrogens is 2. The van der Waals surface area contributed by atoms with E-state index in [9.17, 15) is 9.59 Å². The van der Waals surface area contributed by atoms with Crippen molar-refractivity contribution in [3.63, 3.8) is 0 Å². The van der Waals surface area contributed by atoms with Crippen molar-refractivity contribution >= 4 is 5.91 Å². The number of primary amides is 1. The third kappa shape index (κ3) is 2.34. The van der Waals surface area contributed by atoms with Gasteiger partial charge in [-0.2, -0.15) is 0 Å². The van der Waals surface area contributed by atoms with E-state index in [0.717, 1.165) is 16.8 Å². The molecule has 2 rings (SSSR count). The number of nitrogens with two attached hydrogens (primary N) is 1. The number of pyridine rings is 2. The lowest BCUT2D eigenvalue weighted by Gasteiger charge is -2.16. The summed E-state index contributed by atoms with van der Waals surface area (Å²) >= 11 is 0. The molecule has 0 aliphatic carbocycles. The second-order valence-corrected chi connectivity index (χ2v) is 4.42. The number of carbonyl (C=O) groups is 1. The van der Waals surface area contributed by atoms with Gasteiger partial charge in [0.1, 0.15) is 5.56 Å². The van der Waals surface area contributed by atoms with Crippen LogP contribution in [-0.2, 0) is 13.0 Å². The highest BCUT2D eigenvalue weighted by molar-refractivity contribution is 5.94. The van der Waals surface area contributed by atoms with Crippen LogP contribution in [0.25, 0.3) is 11.1 Å². The van der Waals surface area contributed by atoms with Gasteiger partial charge in [0.05, 0.1) is 0 Å². The van der Waals surface area contributed by atoms with E-state index in [-0.39, 0.29) is 11.1 Å². The molecule has 0 unspecified atom stereocenters. The molecule has 0 aliphatic rings. The van der Waals surface area contributed by atoms with E-state index in [0.29, 0.717) is 13.0 Å². The van der Waals surface area contributed by atoms with Crippen molar-refractivity contribution in [1.29, 1.82) is 0 Å². The summed E-state index contributed by atoms with van der Waals surface area (Å²) in [6.07, 6.45) is 4.06. The minimum absolute atomic E-state index is 0.0239. The molecule has 0 aliphatic heterocycles. The third-order valence-electron chi connectivity index (χ3n) is 3.31. The molecule has 2 N–H and O–H groups in total. The molecule has 0 bridgehead atoms. The van der Waals surface area contributed by atoms with Crippen LogP contribution in [0.3, 0.4) is 0 Å². The first-order valence-corrected chi connectivity index (χ1v) is 6.57. The predicted molar refractivity (Wildman–Crippen MR) is 77.5 cm³/mol. The smallest absolute Gasteiger partial charge is 0.263 e. The third-order valence-corrected chi connectivity index (χ3v) is 3.31. The Morgan fingerprint density at radius 3 is 2.45 bits per heavy atom. The number of rotatable bonds is 4. The van der Waals surface area contributed by atoms with Crippen LogP contribution >= 0.6 is 0 Å². The molecule has 0 atom stereocenters. The van der Waals surface area contributed by atoms with Crippen LogP contribution in [-0.4, -0.2) is 15.5 Å². The van der Waals surface area contributed by atoms with Gasteiger partial charge in [0.25, 0.3) is 11.5 Å². The van der Waals surface area contributed by atoms with Gasteiger partial charge in [0.2, 0.25) is 0 Å². The zero-order chi connectivity index (χ0) is 14.7. The topological polar surface area (TPSA) is 78.0 Å². The van der Waals surface area contributed by atoms with E-state index in [2.05, 4.69) is 4.98 Å². The molecule has 0 saturated heterocycles. The Balaban J connectivity index is 2.83. The molecule has 0 spiro atoms. The fraction of sp³-hybridized carbons (Fsp3) is 0.267. The molecule has 104 valence electrons.